The summed E-state index contributed by atoms with van der Waals surface area (Å²) >= 11 is 0. The van der Waals surface area contributed by atoms with Gasteiger partial charge in [0.15, 0.2) is 12.4 Å². The Morgan fingerprint density at radius 2 is 2.05 bits per heavy atom. The number of aryl methyl sites for hydroxylation is 1. The fourth-order valence-electron chi connectivity index (χ4n) is 4.77. The summed E-state index contributed by atoms with van der Waals surface area (Å²) in [6.45, 7) is 2.71. The second-order valence-electron chi connectivity index (χ2n) is 9.17. The molecule has 0 radical (unpaired) electrons. The van der Waals surface area contributed by atoms with Crippen LogP contribution in [0.15, 0.2) is 55.1 Å². The molecule has 0 unspecified atom stereocenters. The fourth-order valence-corrected chi connectivity index (χ4v) is 4.77. The van der Waals surface area contributed by atoms with E-state index in [4.69, 9.17) is 15.2 Å². The van der Waals surface area contributed by atoms with Gasteiger partial charge in [-0.3, -0.25) is 4.68 Å². The Morgan fingerprint density at radius 1 is 1.21 bits per heavy atom. The predicted octanol–water partition coefficient (Wildman–Crippen LogP) is 3.07. The van der Waals surface area contributed by atoms with E-state index in [1.807, 2.05) is 31.2 Å². The summed E-state index contributed by atoms with van der Waals surface area (Å²) in [5.74, 6) is 1.55. The topological polar surface area (TPSA) is 138 Å². The summed E-state index contributed by atoms with van der Waals surface area (Å²) in [4.78, 5) is 13.0. The van der Waals surface area contributed by atoms with Crippen LogP contribution >= 0.6 is 0 Å². The van der Waals surface area contributed by atoms with Crippen molar-refractivity contribution in [2.75, 3.05) is 24.2 Å². The molecule has 0 amide bonds. The molecule has 4 aromatic heterocycles. The molecule has 5 aromatic rings. The molecule has 12 heteroatoms. The normalized spacial score (nSPS) is 21.4. The number of hydrogen-bond acceptors (Lipinski definition) is 9. The van der Waals surface area contributed by atoms with Crippen molar-refractivity contribution in [2.45, 2.75) is 31.5 Å². The van der Waals surface area contributed by atoms with Crippen LogP contribution in [0.4, 0.5) is 16.0 Å². The van der Waals surface area contributed by atoms with Gasteiger partial charge >= 0.3 is 0 Å². The van der Waals surface area contributed by atoms with Crippen molar-refractivity contribution in [3.8, 4) is 17.0 Å². The van der Waals surface area contributed by atoms with Gasteiger partial charge < -0.3 is 30.2 Å². The van der Waals surface area contributed by atoms with Crippen LogP contribution in [0.25, 0.3) is 33.2 Å². The van der Waals surface area contributed by atoms with E-state index in [0.29, 0.717) is 28.0 Å². The van der Waals surface area contributed by atoms with Crippen molar-refractivity contribution in [2.24, 2.45) is 7.05 Å². The molecule has 196 valence electrons. The van der Waals surface area contributed by atoms with Crippen LogP contribution in [0.2, 0.25) is 0 Å². The van der Waals surface area contributed by atoms with Crippen molar-refractivity contribution in [1.82, 2.24) is 29.3 Å². The highest BCUT2D eigenvalue weighted by atomic mass is 19.1. The molecule has 6 rings (SSSR count). The number of aromatic nitrogens is 6. The number of fused-ring (bicyclic) bond motifs is 2. The molecule has 4 atom stereocenters. The molecule has 5 heterocycles. The maximum absolute atomic E-state index is 15.4. The predicted molar refractivity (Wildman–Crippen MR) is 140 cm³/mol. The molecular formula is C26H27FN8O3. The Hall–Kier alpha value is -4.29. The van der Waals surface area contributed by atoms with Crippen LogP contribution in [0.3, 0.4) is 0 Å². The molecule has 0 saturated carbocycles. The van der Waals surface area contributed by atoms with Crippen molar-refractivity contribution >= 4 is 33.6 Å². The summed E-state index contributed by atoms with van der Waals surface area (Å²) in [6.07, 6.45) is -0.409. The minimum atomic E-state index is -1.73. The largest absolute Gasteiger partial charge is 0.491 e. The number of ether oxygens (including phenoxy) is 2. The van der Waals surface area contributed by atoms with E-state index < -0.39 is 24.6 Å². The molecule has 1 saturated heterocycles. The Balaban J connectivity index is 1.25. The monoisotopic (exact) mass is 518 g/mol. The van der Waals surface area contributed by atoms with E-state index in [0.717, 1.165) is 23.3 Å². The first-order valence-corrected chi connectivity index (χ1v) is 12.3. The number of pyridine rings is 1. The van der Waals surface area contributed by atoms with Crippen LogP contribution in [-0.2, 0) is 11.8 Å². The summed E-state index contributed by atoms with van der Waals surface area (Å²) in [5, 5.41) is 19.8. The average Bonchev–Trinajstić information content (AvgIpc) is 3.59. The minimum absolute atomic E-state index is 0.0556. The number of aliphatic hydroxyl groups excluding tert-OH is 1. The second kappa shape index (κ2) is 9.54. The van der Waals surface area contributed by atoms with E-state index in [9.17, 15) is 5.11 Å². The van der Waals surface area contributed by atoms with Gasteiger partial charge in [0.05, 0.1) is 16.6 Å². The van der Waals surface area contributed by atoms with Gasteiger partial charge in [0.2, 0.25) is 0 Å². The van der Waals surface area contributed by atoms with Gasteiger partial charge in [-0.15, -0.1) is 0 Å². The van der Waals surface area contributed by atoms with Gasteiger partial charge in [0.1, 0.15) is 48.2 Å². The molecule has 1 fully saturated rings. The van der Waals surface area contributed by atoms with E-state index in [2.05, 4.69) is 25.4 Å². The number of nitrogens with one attached hydrogen (secondary N) is 1. The van der Waals surface area contributed by atoms with E-state index in [-0.39, 0.29) is 12.4 Å². The van der Waals surface area contributed by atoms with Gasteiger partial charge in [-0.05, 0) is 37.3 Å². The number of anilines is 2. The minimum Gasteiger partial charge on any atom is -0.491 e. The standard InChI is InChI=1S/C26H27FN8O3/c1-3-29-20-7-5-14-4-6-15(10-18(14)32-20)37-12-19-23(36)22(27)26(38-19)35-11-16(17-8-9-34(2)33-17)21-24(28)30-13-31-25(21)35/h4-11,13,19,22-23,26,36H,3,12H2,1-2H3,(H,29,32)(H2,28,30,31)/t19-,22+,23-,26-/m1/s1. The molecule has 1 aliphatic heterocycles. The zero-order chi connectivity index (χ0) is 26.4. The molecule has 11 nitrogen and oxygen atoms in total. The Bertz CT molecular complexity index is 1620. The lowest BCUT2D eigenvalue weighted by atomic mass is 10.1. The lowest BCUT2D eigenvalue weighted by Crippen LogP contribution is -2.32. The molecule has 4 N–H and O–H groups in total. The van der Waals surface area contributed by atoms with E-state index in [1.165, 1.54) is 10.9 Å². The summed E-state index contributed by atoms with van der Waals surface area (Å²) in [7, 11) is 1.80. The fraction of sp³-hybridized carbons (Fsp3) is 0.308. The maximum atomic E-state index is 15.4. The zero-order valence-corrected chi connectivity index (χ0v) is 20.8. The lowest BCUT2D eigenvalue weighted by Gasteiger charge is -2.17. The highest BCUT2D eigenvalue weighted by Crippen LogP contribution is 2.39. The number of hydrogen-bond donors (Lipinski definition) is 3. The van der Waals surface area contributed by atoms with Crippen molar-refractivity contribution in [3.63, 3.8) is 0 Å². The Kier molecular flexibility index (Phi) is 6.04. The number of nitrogen functional groups attached to an aromatic ring is 1. The van der Waals surface area contributed by atoms with Crippen LogP contribution in [0.5, 0.6) is 5.75 Å². The number of nitrogens with zero attached hydrogens (tertiary/aromatic N) is 6. The quantitative estimate of drug-likeness (QED) is 0.297. The average molecular weight is 519 g/mol. The lowest BCUT2D eigenvalue weighted by molar-refractivity contribution is -0.0410. The molecule has 1 aliphatic rings. The smallest absolute Gasteiger partial charge is 0.173 e. The molecule has 38 heavy (non-hydrogen) atoms. The van der Waals surface area contributed by atoms with Gasteiger partial charge in [-0.1, -0.05) is 0 Å². The summed E-state index contributed by atoms with van der Waals surface area (Å²) in [5.41, 5.74) is 8.59. The third-order valence-corrected chi connectivity index (χ3v) is 6.63. The van der Waals surface area contributed by atoms with Crippen molar-refractivity contribution in [3.05, 3.63) is 55.1 Å². The number of alkyl halides is 1. The van der Waals surface area contributed by atoms with Crippen molar-refractivity contribution in [1.29, 1.82) is 0 Å². The number of halogens is 1. The number of benzene rings is 1. The van der Waals surface area contributed by atoms with E-state index >= 15 is 4.39 Å². The summed E-state index contributed by atoms with van der Waals surface area (Å²) < 4.78 is 30.5. The van der Waals surface area contributed by atoms with Gasteiger partial charge in [0.25, 0.3) is 0 Å². The summed E-state index contributed by atoms with van der Waals surface area (Å²) in [6, 6.07) is 11.2. The SMILES string of the molecule is CCNc1ccc2ccc(OC[C@H]3O[C@@H](n4cc(-c5ccn(C)n5)c5c(N)ncnc54)[C@@H](F)[C@@H]3O)cc2n1. The molecular weight excluding hydrogens is 491 g/mol. The number of aliphatic hydroxyl groups is 1. The van der Waals surface area contributed by atoms with Crippen LogP contribution in [0, 0.1) is 0 Å². The van der Waals surface area contributed by atoms with Gasteiger partial charge in [0, 0.05) is 43.0 Å². The molecule has 0 bridgehead atoms. The second-order valence-corrected chi connectivity index (χ2v) is 9.17. The van der Waals surface area contributed by atoms with Gasteiger partial charge in [-0.2, -0.15) is 5.10 Å². The molecule has 0 spiro atoms. The molecule has 0 aliphatic carbocycles. The highest BCUT2D eigenvalue weighted by Gasteiger charge is 2.46. The van der Waals surface area contributed by atoms with Gasteiger partial charge in [-0.25, -0.2) is 19.3 Å². The van der Waals surface area contributed by atoms with Crippen LogP contribution < -0.4 is 15.8 Å². The third-order valence-electron chi connectivity index (χ3n) is 6.63. The van der Waals surface area contributed by atoms with Crippen LogP contribution in [0.1, 0.15) is 13.2 Å². The number of rotatable bonds is 7. The van der Waals surface area contributed by atoms with Crippen molar-refractivity contribution < 1.29 is 19.0 Å². The number of nitrogens with two attached hydrogens (primary N) is 1. The first kappa shape index (κ1) is 24.1. The Morgan fingerprint density at radius 3 is 2.84 bits per heavy atom. The highest BCUT2D eigenvalue weighted by molar-refractivity contribution is 5.99. The first-order chi connectivity index (χ1) is 18.4. The maximum Gasteiger partial charge on any atom is 0.173 e. The molecule has 1 aromatic carbocycles. The zero-order valence-electron chi connectivity index (χ0n) is 20.8. The third kappa shape index (κ3) is 4.17. The van der Waals surface area contributed by atoms with E-state index in [1.54, 1.807) is 36.3 Å². The Labute approximate surface area is 217 Å². The van der Waals surface area contributed by atoms with Crippen LogP contribution in [-0.4, -0.2) is 65.9 Å². The first-order valence-electron chi connectivity index (χ1n) is 12.3.